The van der Waals surface area contributed by atoms with Crippen LogP contribution < -0.4 is 11.1 Å². The van der Waals surface area contributed by atoms with Crippen LogP contribution in [-0.4, -0.2) is 10.9 Å². The molecule has 1 aromatic carbocycles. The van der Waals surface area contributed by atoms with E-state index in [2.05, 4.69) is 10.3 Å². The van der Waals surface area contributed by atoms with Crippen molar-refractivity contribution in [2.45, 2.75) is 13.3 Å². The Morgan fingerprint density at radius 3 is 2.89 bits per heavy atom. The second-order valence-corrected chi connectivity index (χ2v) is 4.19. The molecule has 0 bridgehead atoms. The zero-order chi connectivity index (χ0) is 13.0. The minimum Gasteiger partial charge on any atom is -0.399 e. The first-order valence-electron chi connectivity index (χ1n) is 5.70. The number of nitrogens with two attached hydrogens (primary N) is 1. The number of anilines is 2. The zero-order valence-electron chi connectivity index (χ0n) is 10.2. The van der Waals surface area contributed by atoms with E-state index in [4.69, 9.17) is 5.73 Å². The molecule has 0 spiro atoms. The lowest BCUT2D eigenvalue weighted by Gasteiger charge is -2.05. The normalized spacial score (nSPS) is 10.1. The number of pyridine rings is 1. The van der Waals surface area contributed by atoms with Crippen molar-refractivity contribution in [3.8, 4) is 0 Å². The first kappa shape index (κ1) is 12.1. The summed E-state index contributed by atoms with van der Waals surface area (Å²) in [6, 6.07) is 11.2. The van der Waals surface area contributed by atoms with Crippen LogP contribution in [0.15, 0.2) is 42.6 Å². The van der Waals surface area contributed by atoms with Crippen LogP contribution >= 0.6 is 0 Å². The van der Waals surface area contributed by atoms with Crippen molar-refractivity contribution in [3.05, 3.63) is 53.7 Å². The van der Waals surface area contributed by atoms with Crippen LogP contribution in [0.1, 0.15) is 11.1 Å². The monoisotopic (exact) mass is 241 g/mol. The van der Waals surface area contributed by atoms with Crippen LogP contribution in [-0.2, 0) is 11.2 Å². The highest BCUT2D eigenvalue weighted by Crippen LogP contribution is 2.09. The Hall–Kier alpha value is -2.36. The van der Waals surface area contributed by atoms with Gasteiger partial charge in [0, 0.05) is 18.0 Å². The molecule has 2 aromatic rings. The predicted molar refractivity (Wildman–Crippen MR) is 72.2 cm³/mol. The first-order chi connectivity index (χ1) is 8.63. The largest absolute Gasteiger partial charge is 0.399 e. The third-order valence-corrected chi connectivity index (χ3v) is 2.50. The maximum Gasteiger partial charge on any atom is 0.229 e. The van der Waals surface area contributed by atoms with Gasteiger partial charge in [0.15, 0.2) is 0 Å². The molecule has 18 heavy (non-hydrogen) atoms. The minimum absolute atomic E-state index is 0.0984. The summed E-state index contributed by atoms with van der Waals surface area (Å²) in [6.07, 6.45) is 1.90. The molecule has 3 N–H and O–H groups in total. The number of rotatable bonds is 3. The number of nitrogens with one attached hydrogen (secondary N) is 1. The van der Waals surface area contributed by atoms with Gasteiger partial charge in [-0.1, -0.05) is 29.8 Å². The summed E-state index contributed by atoms with van der Waals surface area (Å²) >= 11 is 0. The molecular formula is C14H15N3O. The van der Waals surface area contributed by atoms with E-state index >= 15 is 0 Å². The Bertz CT molecular complexity index is 517. The lowest BCUT2D eigenvalue weighted by molar-refractivity contribution is -0.115. The Morgan fingerprint density at radius 2 is 2.17 bits per heavy atom. The van der Waals surface area contributed by atoms with Gasteiger partial charge in [0.25, 0.3) is 0 Å². The van der Waals surface area contributed by atoms with Gasteiger partial charge in [0.05, 0.1) is 6.42 Å². The number of amides is 1. The van der Waals surface area contributed by atoms with Crippen molar-refractivity contribution < 1.29 is 4.79 Å². The fraction of sp³-hybridized carbons (Fsp3) is 0.143. The second kappa shape index (κ2) is 5.31. The van der Waals surface area contributed by atoms with Crippen molar-refractivity contribution in [1.29, 1.82) is 0 Å². The molecule has 0 aliphatic rings. The maximum absolute atomic E-state index is 11.8. The van der Waals surface area contributed by atoms with E-state index < -0.39 is 0 Å². The van der Waals surface area contributed by atoms with Crippen molar-refractivity contribution in [2.24, 2.45) is 0 Å². The molecule has 0 aliphatic carbocycles. The Balaban J connectivity index is 2.01. The number of carbonyl (C=O) groups excluding carboxylic acids is 1. The summed E-state index contributed by atoms with van der Waals surface area (Å²) in [5, 5.41) is 2.72. The fourth-order valence-electron chi connectivity index (χ4n) is 1.71. The van der Waals surface area contributed by atoms with E-state index in [-0.39, 0.29) is 5.91 Å². The Morgan fingerprint density at radius 1 is 1.33 bits per heavy atom. The molecule has 0 radical (unpaired) electrons. The van der Waals surface area contributed by atoms with E-state index in [1.807, 2.05) is 31.2 Å². The number of benzene rings is 1. The van der Waals surface area contributed by atoms with Gasteiger partial charge in [-0.05, 0) is 18.6 Å². The quantitative estimate of drug-likeness (QED) is 0.865. The average molecular weight is 241 g/mol. The summed E-state index contributed by atoms with van der Waals surface area (Å²) in [5.74, 6) is 0.381. The number of hydrogen-bond donors (Lipinski definition) is 2. The van der Waals surface area contributed by atoms with Crippen molar-refractivity contribution in [2.75, 3.05) is 11.1 Å². The van der Waals surface area contributed by atoms with Gasteiger partial charge in [0.1, 0.15) is 5.82 Å². The van der Waals surface area contributed by atoms with E-state index in [9.17, 15) is 4.79 Å². The lowest BCUT2D eigenvalue weighted by Crippen LogP contribution is -2.15. The molecule has 92 valence electrons. The van der Waals surface area contributed by atoms with Gasteiger partial charge in [-0.15, -0.1) is 0 Å². The van der Waals surface area contributed by atoms with Crippen LogP contribution in [0.25, 0.3) is 0 Å². The molecule has 1 amide bonds. The smallest absolute Gasteiger partial charge is 0.229 e. The average Bonchev–Trinajstić information content (AvgIpc) is 2.28. The molecule has 0 aliphatic heterocycles. The number of nitrogen functional groups attached to an aromatic ring is 1. The molecule has 0 fully saturated rings. The van der Waals surface area contributed by atoms with Crippen LogP contribution in [0, 0.1) is 6.92 Å². The third kappa shape index (κ3) is 3.31. The van der Waals surface area contributed by atoms with E-state index in [1.165, 1.54) is 0 Å². The SMILES string of the molecule is Cc1cccc(CC(=O)Nc2cc(N)ccn2)c1. The van der Waals surface area contributed by atoms with Crippen LogP contribution in [0.4, 0.5) is 11.5 Å². The summed E-state index contributed by atoms with van der Waals surface area (Å²) in [4.78, 5) is 15.8. The first-order valence-corrected chi connectivity index (χ1v) is 5.70. The molecule has 1 aromatic heterocycles. The van der Waals surface area contributed by atoms with E-state index in [0.717, 1.165) is 11.1 Å². The Labute approximate surface area is 106 Å². The van der Waals surface area contributed by atoms with E-state index in [0.29, 0.717) is 17.9 Å². The molecule has 1 heterocycles. The molecular weight excluding hydrogens is 226 g/mol. The van der Waals surface area contributed by atoms with Crippen LogP contribution in [0.3, 0.4) is 0 Å². The second-order valence-electron chi connectivity index (χ2n) is 4.19. The van der Waals surface area contributed by atoms with Gasteiger partial charge in [0.2, 0.25) is 5.91 Å². The van der Waals surface area contributed by atoms with Crippen LogP contribution in [0.5, 0.6) is 0 Å². The van der Waals surface area contributed by atoms with Crippen molar-refractivity contribution in [3.63, 3.8) is 0 Å². The van der Waals surface area contributed by atoms with Crippen molar-refractivity contribution in [1.82, 2.24) is 4.98 Å². The fourth-order valence-corrected chi connectivity index (χ4v) is 1.71. The molecule has 0 unspecified atom stereocenters. The zero-order valence-corrected chi connectivity index (χ0v) is 10.2. The van der Waals surface area contributed by atoms with E-state index in [1.54, 1.807) is 18.3 Å². The molecule has 0 atom stereocenters. The summed E-state index contributed by atoms with van der Waals surface area (Å²) < 4.78 is 0. The van der Waals surface area contributed by atoms with Gasteiger partial charge in [-0.2, -0.15) is 0 Å². The number of aromatic nitrogens is 1. The number of carbonyl (C=O) groups is 1. The number of aryl methyl sites for hydroxylation is 1. The van der Waals surface area contributed by atoms with Gasteiger partial charge < -0.3 is 11.1 Å². The molecule has 4 heteroatoms. The van der Waals surface area contributed by atoms with Gasteiger partial charge in [-0.3, -0.25) is 4.79 Å². The van der Waals surface area contributed by atoms with Crippen molar-refractivity contribution >= 4 is 17.4 Å². The molecule has 2 rings (SSSR count). The van der Waals surface area contributed by atoms with Crippen LogP contribution in [0.2, 0.25) is 0 Å². The third-order valence-electron chi connectivity index (χ3n) is 2.50. The molecule has 0 saturated carbocycles. The maximum atomic E-state index is 11.8. The number of hydrogen-bond acceptors (Lipinski definition) is 3. The molecule has 0 saturated heterocycles. The Kier molecular flexibility index (Phi) is 3.57. The van der Waals surface area contributed by atoms with Gasteiger partial charge in [-0.25, -0.2) is 4.98 Å². The number of nitrogens with zero attached hydrogens (tertiary/aromatic N) is 1. The lowest BCUT2D eigenvalue weighted by atomic mass is 10.1. The predicted octanol–water partition coefficient (Wildman–Crippen LogP) is 2.15. The summed E-state index contributed by atoms with van der Waals surface area (Å²) in [7, 11) is 0. The molecule has 4 nitrogen and oxygen atoms in total. The topological polar surface area (TPSA) is 68.0 Å². The van der Waals surface area contributed by atoms with Gasteiger partial charge >= 0.3 is 0 Å². The minimum atomic E-state index is -0.0984. The standard InChI is InChI=1S/C14H15N3O/c1-10-3-2-4-11(7-10)8-14(18)17-13-9-12(15)5-6-16-13/h2-7,9H,8H2,1H3,(H3,15,16,17,18). The highest BCUT2D eigenvalue weighted by Gasteiger charge is 2.05. The highest BCUT2D eigenvalue weighted by atomic mass is 16.1. The summed E-state index contributed by atoms with van der Waals surface area (Å²) in [5.41, 5.74) is 8.32. The summed E-state index contributed by atoms with van der Waals surface area (Å²) in [6.45, 7) is 2.00. The highest BCUT2D eigenvalue weighted by molar-refractivity contribution is 5.91.